The zero-order valence-electron chi connectivity index (χ0n) is 13.9. The fraction of sp³-hybridized carbons (Fsp3) is 0.217. The van der Waals surface area contributed by atoms with E-state index < -0.39 is 0 Å². The molecule has 1 atom stereocenters. The van der Waals surface area contributed by atoms with E-state index in [9.17, 15) is 5.11 Å². The van der Waals surface area contributed by atoms with Gasteiger partial charge in [-0.05, 0) is 36.0 Å². The van der Waals surface area contributed by atoms with Crippen LogP contribution in [0.5, 0.6) is 0 Å². The summed E-state index contributed by atoms with van der Waals surface area (Å²) in [5, 5.41) is 10.6. The van der Waals surface area contributed by atoms with Gasteiger partial charge in [-0.3, -0.25) is 0 Å². The van der Waals surface area contributed by atoms with Crippen molar-refractivity contribution in [2.24, 2.45) is 0 Å². The number of aryl methyl sites for hydroxylation is 1. The smallest absolute Gasteiger partial charge is 0.0552 e. The zero-order chi connectivity index (χ0) is 16.6. The maximum Gasteiger partial charge on any atom is 0.0552 e. The van der Waals surface area contributed by atoms with Crippen LogP contribution in [-0.4, -0.2) is 11.2 Å². The van der Waals surface area contributed by atoms with Gasteiger partial charge in [-0.1, -0.05) is 91.0 Å². The molecule has 0 aliphatic rings. The van der Waals surface area contributed by atoms with Crippen LogP contribution in [0.4, 0.5) is 0 Å². The van der Waals surface area contributed by atoms with Crippen LogP contribution >= 0.6 is 0 Å². The van der Waals surface area contributed by atoms with Gasteiger partial charge in [0.05, 0.1) is 6.10 Å². The van der Waals surface area contributed by atoms with Gasteiger partial charge in [0.15, 0.2) is 0 Å². The SMILES string of the molecule is O[C@H](CCc1ccccc1)CC(c1ccccc1)c1ccccc1. The fourth-order valence-electron chi connectivity index (χ4n) is 3.20. The summed E-state index contributed by atoms with van der Waals surface area (Å²) in [5.41, 5.74) is 3.82. The molecule has 24 heavy (non-hydrogen) atoms. The van der Waals surface area contributed by atoms with Crippen molar-refractivity contribution in [3.63, 3.8) is 0 Å². The molecule has 0 aliphatic carbocycles. The van der Waals surface area contributed by atoms with Crippen molar-refractivity contribution in [3.05, 3.63) is 108 Å². The lowest BCUT2D eigenvalue weighted by atomic mass is 9.85. The molecular weight excluding hydrogens is 292 g/mol. The summed E-state index contributed by atoms with van der Waals surface area (Å²) < 4.78 is 0. The van der Waals surface area contributed by atoms with E-state index in [1.807, 2.05) is 18.2 Å². The third-order valence-electron chi connectivity index (χ3n) is 4.52. The predicted molar refractivity (Wildman–Crippen MR) is 100 cm³/mol. The Bertz CT molecular complexity index is 667. The lowest BCUT2D eigenvalue weighted by molar-refractivity contribution is 0.150. The van der Waals surface area contributed by atoms with Crippen molar-refractivity contribution < 1.29 is 5.11 Å². The average Bonchev–Trinajstić information content (AvgIpc) is 2.67. The second-order valence-corrected chi connectivity index (χ2v) is 6.29. The van der Waals surface area contributed by atoms with E-state index in [1.165, 1.54) is 16.7 Å². The topological polar surface area (TPSA) is 20.2 Å². The molecule has 0 fully saturated rings. The molecule has 0 amide bonds. The Labute approximate surface area is 144 Å². The molecule has 0 spiro atoms. The summed E-state index contributed by atoms with van der Waals surface area (Å²) in [7, 11) is 0. The molecule has 0 bridgehead atoms. The molecule has 0 unspecified atom stereocenters. The minimum Gasteiger partial charge on any atom is -0.393 e. The lowest BCUT2D eigenvalue weighted by Crippen LogP contribution is -2.14. The summed E-state index contributed by atoms with van der Waals surface area (Å²) in [6.07, 6.45) is 2.15. The van der Waals surface area contributed by atoms with Crippen LogP contribution < -0.4 is 0 Å². The van der Waals surface area contributed by atoms with Crippen molar-refractivity contribution in [1.29, 1.82) is 0 Å². The first-order valence-electron chi connectivity index (χ1n) is 8.65. The second kappa shape index (κ2) is 8.47. The van der Waals surface area contributed by atoms with Crippen LogP contribution in [0, 0.1) is 0 Å². The van der Waals surface area contributed by atoms with Gasteiger partial charge >= 0.3 is 0 Å². The first-order valence-corrected chi connectivity index (χ1v) is 8.65. The van der Waals surface area contributed by atoms with E-state index in [0.717, 1.165) is 19.3 Å². The Morgan fingerprint density at radius 3 is 1.58 bits per heavy atom. The van der Waals surface area contributed by atoms with Crippen LogP contribution in [0.25, 0.3) is 0 Å². The molecule has 122 valence electrons. The maximum absolute atomic E-state index is 10.6. The number of rotatable bonds is 7. The summed E-state index contributed by atoms with van der Waals surface area (Å²) in [6, 6.07) is 31.4. The van der Waals surface area contributed by atoms with Crippen LogP contribution in [0.1, 0.15) is 35.4 Å². The molecule has 0 radical (unpaired) electrons. The van der Waals surface area contributed by atoms with E-state index in [2.05, 4.69) is 72.8 Å². The highest BCUT2D eigenvalue weighted by atomic mass is 16.3. The van der Waals surface area contributed by atoms with Gasteiger partial charge in [0.25, 0.3) is 0 Å². The molecule has 0 heterocycles. The van der Waals surface area contributed by atoms with E-state index >= 15 is 0 Å². The van der Waals surface area contributed by atoms with E-state index in [0.29, 0.717) is 0 Å². The van der Waals surface area contributed by atoms with Gasteiger partial charge in [-0.15, -0.1) is 0 Å². The third kappa shape index (κ3) is 4.56. The average molecular weight is 316 g/mol. The molecule has 0 saturated heterocycles. The Morgan fingerprint density at radius 1 is 0.625 bits per heavy atom. The summed E-state index contributed by atoms with van der Waals surface area (Å²) in [5.74, 6) is 0.234. The molecule has 0 aromatic heterocycles. The first kappa shape index (κ1) is 16.5. The Balaban J connectivity index is 1.70. The highest BCUT2D eigenvalue weighted by molar-refractivity contribution is 5.32. The van der Waals surface area contributed by atoms with Crippen LogP contribution in [0.15, 0.2) is 91.0 Å². The summed E-state index contributed by atoms with van der Waals surface area (Å²) in [6.45, 7) is 0. The van der Waals surface area contributed by atoms with E-state index in [1.54, 1.807) is 0 Å². The summed E-state index contributed by atoms with van der Waals surface area (Å²) in [4.78, 5) is 0. The van der Waals surface area contributed by atoms with E-state index in [4.69, 9.17) is 0 Å². The van der Waals surface area contributed by atoms with Gasteiger partial charge in [0.1, 0.15) is 0 Å². The molecular formula is C23H24O. The number of aliphatic hydroxyl groups is 1. The molecule has 0 aliphatic heterocycles. The van der Waals surface area contributed by atoms with Crippen LogP contribution in [0.2, 0.25) is 0 Å². The number of hydrogen-bond acceptors (Lipinski definition) is 1. The van der Waals surface area contributed by atoms with Crippen molar-refractivity contribution in [1.82, 2.24) is 0 Å². The Hall–Kier alpha value is -2.38. The quantitative estimate of drug-likeness (QED) is 0.635. The Morgan fingerprint density at radius 2 is 1.08 bits per heavy atom. The molecule has 1 heteroatoms. The monoisotopic (exact) mass is 316 g/mol. The first-order chi connectivity index (χ1) is 11.8. The summed E-state index contributed by atoms with van der Waals surface area (Å²) >= 11 is 0. The third-order valence-corrected chi connectivity index (χ3v) is 4.52. The van der Waals surface area contributed by atoms with Crippen molar-refractivity contribution in [2.75, 3.05) is 0 Å². The minimum atomic E-state index is -0.310. The molecule has 3 rings (SSSR count). The second-order valence-electron chi connectivity index (χ2n) is 6.29. The van der Waals surface area contributed by atoms with Gasteiger partial charge < -0.3 is 5.11 Å². The molecule has 3 aromatic carbocycles. The van der Waals surface area contributed by atoms with Crippen molar-refractivity contribution >= 4 is 0 Å². The standard InChI is InChI=1S/C23H24O/c24-22(17-16-19-10-4-1-5-11-19)18-23(20-12-6-2-7-13-20)21-14-8-3-9-15-21/h1-15,22-24H,16-18H2/t22-/m1/s1. The van der Waals surface area contributed by atoms with Crippen LogP contribution in [-0.2, 0) is 6.42 Å². The molecule has 3 aromatic rings. The maximum atomic E-state index is 10.6. The predicted octanol–water partition coefficient (Wildman–Crippen LogP) is 5.20. The largest absolute Gasteiger partial charge is 0.393 e. The van der Waals surface area contributed by atoms with Crippen molar-refractivity contribution in [3.8, 4) is 0 Å². The molecule has 1 N–H and O–H groups in total. The van der Waals surface area contributed by atoms with Gasteiger partial charge in [0, 0.05) is 5.92 Å². The number of hydrogen-bond donors (Lipinski definition) is 1. The minimum absolute atomic E-state index is 0.234. The van der Waals surface area contributed by atoms with Gasteiger partial charge in [-0.2, -0.15) is 0 Å². The highest BCUT2D eigenvalue weighted by Gasteiger charge is 2.18. The number of benzene rings is 3. The Kier molecular flexibility index (Phi) is 5.81. The van der Waals surface area contributed by atoms with E-state index in [-0.39, 0.29) is 12.0 Å². The normalized spacial score (nSPS) is 12.2. The van der Waals surface area contributed by atoms with Gasteiger partial charge in [-0.25, -0.2) is 0 Å². The van der Waals surface area contributed by atoms with Gasteiger partial charge in [0.2, 0.25) is 0 Å². The van der Waals surface area contributed by atoms with Crippen LogP contribution in [0.3, 0.4) is 0 Å². The highest BCUT2D eigenvalue weighted by Crippen LogP contribution is 2.30. The molecule has 1 nitrogen and oxygen atoms in total. The number of aliphatic hydroxyl groups excluding tert-OH is 1. The fourth-order valence-corrected chi connectivity index (χ4v) is 3.20. The van der Waals surface area contributed by atoms with Crippen molar-refractivity contribution in [2.45, 2.75) is 31.3 Å². The molecule has 0 saturated carbocycles. The lowest BCUT2D eigenvalue weighted by Gasteiger charge is -2.21. The zero-order valence-corrected chi connectivity index (χ0v) is 13.9.